The van der Waals surface area contributed by atoms with Crippen LogP contribution in [0.5, 0.6) is 0 Å². The first kappa shape index (κ1) is 8.53. The summed E-state index contributed by atoms with van der Waals surface area (Å²) >= 11 is 0. The highest BCUT2D eigenvalue weighted by Crippen LogP contribution is 2.23. The van der Waals surface area contributed by atoms with Gasteiger partial charge in [0.15, 0.2) is 0 Å². The van der Waals surface area contributed by atoms with Gasteiger partial charge in [0.05, 0.1) is 0 Å². The van der Waals surface area contributed by atoms with Crippen molar-refractivity contribution in [1.82, 2.24) is 9.97 Å². The van der Waals surface area contributed by atoms with Crippen LogP contribution < -0.4 is 5.32 Å². The van der Waals surface area contributed by atoms with Gasteiger partial charge < -0.3 is 10.3 Å². The Labute approximate surface area is 88.6 Å². The van der Waals surface area contributed by atoms with E-state index in [0.29, 0.717) is 0 Å². The maximum Gasteiger partial charge on any atom is 0.110 e. The van der Waals surface area contributed by atoms with E-state index in [-0.39, 0.29) is 0 Å². The fourth-order valence-electron chi connectivity index (χ4n) is 2.06. The fourth-order valence-corrected chi connectivity index (χ4v) is 2.06. The lowest BCUT2D eigenvalue weighted by Crippen LogP contribution is -1.92. The Kier molecular flexibility index (Phi) is 1.95. The number of H-pyrrole nitrogens is 1. The second-order valence-corrected chi connectivity index (χ2v) is 3.88. The topological polar surface area (TPSA) is 40.7 Å². The van der Waals surface area contributed by atoms with Crippen molar-refractivity contribution in [3.8, 4) is 0 Å². The highest BCUT2D eigenvalue weighted by atomic mass is 14.9. The van der Waals surface area contributed by atoms with E-state index in [1.807, 2.05) is 6.20 Å². The summed E-state index contributed by atoms with van der Waals surface area (Å²) in [5.41, 5.74) is 4.05. The molecule has 0 atom stereocenters. The van der Waals surface area contributed by atoms with Gasteiger partial charge in [-0.2, -0.15) is 0 Å². The minimum Gasteiger partial charge on any atom is -0.384 e. The third-order valence-electron chi connectivity index (χ3n) is 2.81. The molecule has 0 saturated heterocycles. The smallest absolute Gasteiger partial charge is 0.110 e. The number of aromatic nitrogens is 2. The largest absolute Gasteiger partial charge is 0.384 e. The van der Waals surface area contributed by atoms with Crippen LogP contribution in [0.2, 0.25) is 0 Å². The van der Waals surface area contributed by atoms with Crippen LogP contribution in [0, 0.1) is 0 Å². The van der Waals surface area contributed by atoms with E-state index in [4.69, 9.17) is 0 Å². The van der Waals surface area contributed by atoms with Gasteiger partial charge in [-0.25, -0.2) is 4.98 Å². The minimum atomic E-state index is 0.889. The molecular weight excluding hydrogens is 186 g/mol. The summed E-state index contributed by atoms with van der Waals surface area (Å²) in [4.78, 5) is 7.36. The molecule has 3 rings (SSSR count). The lowest BCUT2D eigenvalue weighted by atomic mass is 10.1. The molecule has 0 radical (unpaired) electrons. The van der Waals surface area contributed by atoms with Crippen LogP contribution in [0.1, 0.15) is 17.0 Å². The van der Waals surface area contributed by atoms with Crippen molar-refractivity contribution < 1.29 is 0 Å². The molecule has 0 fully saturated rings. The molecule has 0 aliphatic carbocycles. The van der Waals surface area contributed by atoms with E-state index in [9.17, 15) is 0 Å². The van der Waals surface area contributed by atoms with E-state index in [0.717, 1.165) is 25.2 Å². The monoisotopic (exact) mass is 199 g/mol. The molecule has 0 bridgehead atoms. The van der Waals surface area contributed by atoms with Crippen molar-refractivity contribution >= 4 is 5.69 Å². The van der Waals surface area contributed by atoms with Crippen LogP contribution in [-0.2, 0) is 12.8 Å². The number of nitrogens with zero attached hydrogens (tertiary/aromatic N) is 1. The van der Waals surface area contributed by atoms with E-state index in [1.54, 1.807) is 6.20 Å². The van der Waals surface area contributed by atoms with Crippen molar-refractivity contribution in [3.63, 3.8) is 0 Å². The molecule has 1 aliphatic heterocycles. The number of imidazole rings is 1. The molecule has 76 valence electrons. The first-order valence-corrected chi connectivity index (χ1v) is 5.26. The van der Waals surface area contributed by atoms with Gasteiger partial charge in [0.1, 0.15) is 5.82 Å². The van der Waals surface area contributed by atoms with Gasteiger partial charge in [-0.1, -0.05) is 12.1 Å². The molecular formula is C12H13N3. The van der Waals surface area contributed by atoms with E-state index >= 15 is 0 Å². The van der Waals surface area contributed by atoms with Gasteiger partial charge in [-0.15, -0.1) is 0 Å². The maximum atomic E-state index is 4.23. The summed E-state index contributed by atoms with van der Waals surface area (Å²) in [5, 5.41) is 3.36. The fraction of sp³-hybridized carbons (Fsp3) is 0.250. The molecule has 2 N–H and O–H groups in total. The Morgan fingerprint density at radius 1 is 1.33 bits per heavy atom. The lowest BCUT2D eigenvalue weighted by molar-refractivity contribution is 1.02. The number of benzene rings is 1. The molecule has 2 heterocycles. The third kappa shape index (κ3) is 1.61. The van der Waals surface area contributed by atoms with Crippen molar-refractivity contribution in [3.05, 3.63) is 47.5 Å². The predicted octanol–water partition coefficient (Wildman–Crippen LogP) is 1.97. The van der Waals surface area contributed by atoms with E-state index < -0.39 is 0 Å². The van der Waals surface area contributed by atoms with Crippen LogP contribution in [0.3, 0.4) is 0 Å². The number of nitrogens with one attached hydrogen (secondary N) is 2. The molecule has 1 aliphatic rings. The number of anilines is 1. The van der Waals surface area contributed by atoms with Gasteiger partial charge in [-0.3, -0.25) is 0 Å². The Hall–Kier alpha value is -1.77. The van der Waals surface area contributed by atoms with Gasteiger partial charge in [0.25, 0.3) is 0 Å². The Morgan fingerprint density at radius 3 is 3.20 bits per heavy atom. The minimum absolute atomic E-state index is 0.889. The Bertz CT molecular complexity index is 460. The van der Waals surface area contributed by atoms with Gasteiger partial charge in [0, 0.05) is 31.0 Å². The molecule has 0 spiro atoms. The number of aromatic amines is 1. The zero-order chi connectivity index (χ0) is 10.1. The summed E-state index contributed by atoms with van der Waals surface area (Å²) in [7, 11) is 0. The normalized spacial score (nSPS) is 13.6. The zero-order valence-corrected chi connectivity index (χ0v) is 8.46. The summed E-state index contributed by atoms with van der Waals surface area (Å²) in [6, 6.07) is 6.61. The molecule has 0 amide bonds. The van der Waals surface area contributed by atoms with Gasteiger partial charge in [-0.05, 0) is 23.6 Å². The van der Waals surface area contributed by atoms with Crippen LogP contribution >= 0.6 is 0 Å². The molecule has 0 unspecified atom stereocenters. The molecule has 3 heteroatoms. The standard InChI is InChI=1S/C12H13N3/c1-2-11-10(3-4-13-11)7-9(1)8-12-14-5-6-15-12/h1-2,5-7,13H,3-4,8H2,(H,14,15). The van der Waals surface area contributed by atoms with Gasteiger partial charge in [0.2, 0.25) is 0 Å². The zero-order valence-electron chi connectivity index (χ0n) is 8.46. The molecule has 1 aromatic carbocycles. The van der Waals surface area contributed by atoms with Crippen molar-refractivity contribution in [2.24, 2.45) is 0 Å². The quantitative estimate of drug-likeness (QED) is 0.776. The summed E-state index contributed by atoms with van der Waals surface area (Å²) in [6.45, 7) is 1.07. The second kappa shape index (κ2) is 3.42. The highest BCUT2D eigenvalue weighted by Gasteiger charge is 2.10. The van der Waals surface area contributed by atoms with Crippen LogP contribution in [0.15, 0.2) is 30.6 Å². The predicted molar refractivity (Wildman–Crippen MR) is 60.0 cm³/mol. The molecule has 0 saturated carbocycles. The van der Waals surface area contributed by atoms with Gasteiger partial charge >= 0.3 is 0 Å². The van der Waals surface area contributed by atoms with E-state index in [2.05, 4.69) is 33.5 Å². The van der Waals surface area contributed by atoms with Crippen molar-refractivity contribution in [2.75, 3.05) is 11.9 Å². The molecule has 3 nitrogen and oxygen atoms in total. The average Bonchev–Trinajstić information content (AvgIpc) is 2.87. The first-order valence-electron chi connectivity index (χ1n) is 5.26. The number of rotatable bonds is 2. The van der Waals surface area contributed by atoms with Crippen LogP contribution in [0.4, 0.5) is 5.69 Å². The van der Waals surface area contributed by atoms with Crippen molar-refractivity contribution in [1.29, 1.82) is 0 Å². The Balaban J connectivity index is 1.87. The number of fused-ring (bicyclic) bond motifs is 1. The van der Waals surface area contributed by atoms with Crippen LogP contribution in [0.25, 0.3) is 0 Å². The van der Waals surface area contributed by atoms with Crippen molar-refractivity contribution in [2.45, 2.75) is 12.8 Å². The number of hydrogen-bond acceptors (Lipinski definition) is 2. The maximum absolute atomic E-state index is 4.23. The molecule has 15 heavy (non-hydrogen) atoms. The van der Waals surface area contributed by atoms with Crippen LogP contribution in [-0.4, -0.2) is 16.5 Å². The Morgan fingerprint density at radius 2 is 2.33 bits per heavy atom. The summed E-state index contributed by atoms with van der Waals surface area (Å²) < 4.78 is 0. The molecule has 1 aromatic heterocycles. The third-order valence-corrected chi connectivity index (χ3v) is 2.81. The number of hydrogen-bond donors (Lipinski definition) is 2. The second-order valence-electron chi connectivity index (χ2n) is 3.88. The SMILES string of the molecule is c1c[nH]c(Cc2ccc3c(c2)CCN3)n1. The molecule has 2 aromatic rings. The van der Waals surface area contributed by atoms with E-state index in [1.165, 1.54) is 16.8 Å². The first-order chi connectivity index (χ1) is 7.42. The lowest BCUT2D eigenvalue weighted by Gasteiger charge is -2.03. The summed E-state index contributed by atoms with van der Waals surface area (Å²) in [5.74, 6) is 1.03. The summed E-state index contributed by atoms with van der Waals surface area (Å²) in [6.07, 6.45) is 5.69. The average molecular weight is 199 g/mol. The highest BCUT2D eigenvalue weighted by molar-refractivity contribution is 5.56.